The first-order chi connectivity index (χ1) is 9.20. The Bertz CT molecular complexity index is 610. The van der Waals surface area contributed by atoms with Gasteiger partial charge >= 0.3 is 0 Å². The van der Waals surface area contributed by atoms with Gasteiger partial charge in [-0.2, -0.15) is 4.57 Å². The van der Waals surface area contributed by atoms with Gasteiger partial charge in [0.1, 0.15) is 0 Å². The quantitative estimate of drug-likeness (QED) is 0.256. The third kappa shape index (κ3) is 3.99. The van der Waals surface area contributed by atoms with Crippen LogP contribution in [0.25, 0.3) is 0 Å². The number of carbonyl (C=O) groups excluding carboxylic acids is 1. The number of nitrogens with zero attached hydrogens (tertiary/aromatic N) is 2. The lowest BCUT2D eigenvalue weighted by Gasteiger charge is -2.02. The zero-order valence-corrected chi connectivity index (χ0v) is 12.6. The number of carbonyl (C=O) groups is 1. The zero-order chi connectivity index (χ0) is 13.7. The van der Waals surface area contributed by atoms with E-state index < -0.39 is 0 Å². The van der Waals surface area contributed by atoms with Gasteiger partial charge in [0.2, 0.25) is 12.3 Å². The third-order valence-corrected chi connectivity index (χ3v) is 2.90. The van der Waals surface area contributed by atoms with Crippen LogP contribution >= 0.6 is 0 Å². The van der Waals surface area contributed by atoms with Crippen molar-refractivity contribution < 1.29 is 31.6 Å². The number of aromatic nitrogens is 1. The summed E-state index contributed by atoms with van der Waals surface area (Å²) < 4.78 is 1.80. The van der Waals surface area contributed by atoms with Crippen LogP contribution in [-0.2, 0) is 6.54 Å². The number of rotatable bonds is 4. The second kappa shape index (κ2) is 7.55. The van der Waals surface area contributed by atoms with Crippen molar-refractivity contribution in [2.24, 2.45) is 5.16 Å². The van der Waals surface area contributed by atoms with E-state index in [1.807, 2.05) is 31.2 Å². The molecule has 0 spiro atoms. The molecule has 0 unspecified atom stereocenters. The van der Waals surface area contributed by atoms with Gasteiger partial charge in [0.15, 0.2) is 12.4 Å². The van der Waals surface area contributed by atoms with Crippen LogP contribution in [0.4, 0.5) is 0 Å². The fourth-order valence-electron chi connectivity index (χ4n) is 1.86. The number of hydrogen-bond donors (Lipinski definition) is 1. The van der Waals surface area contributed by atoms with Crippen molar-refractivity contribution in [3.05, 3.63) is 65.5 Å². The molecule has 0 saturated heterocycles. The van der Waals surface area contributed by atoms with Crippen LogP contribution in [0.2, 0.25) is 0 Å². The van der Waals surface area contributed by atoms with E-state index in [1.54, 1.807) is 29.1 Å². The predicted octanol–water partition coefficient (Wildman–Crippen LogP) is -1.02. The molecule has 0 radical (unpaired) electrons. The van der Waals surface area contributed by atoms with Gasteiger partial charge in [-0.05, 0) is 12.5 Å². The van der Waals surface area contributed by atoms with Crippen LogP contribution in [0.15, 0.2) is 53.9 Å². The van der Waals surface area contributed by atoms with Gasteiger partial charge in [0.25, 0.3) is 0 Å². The van der Waals surface area contributed by atoms with E-state index in [0.29, 0.717) is 6.54 Å². The van der Waals surface area contributed by atoms with Crippen LogP contribution in [0.5, 0.6) is 0 Å². The van der Waals surface area contributed by atoms with E-state index in [0.717, 1.165) is 16.7 Å². The lowest BCUT2D eigenvalue weighted by Crippen LogP contribution is -3.00. The van der Waals surface area contributed by atoms with Crippen molar-refractivity contribution in [2.75, 3.05) is 0 Å². The molecule has 2 rings (SSSR count). The fraction of sp³-hybridized carbons (Fsp3) is 0.133. The van der Waals surface area contributed by atoms with Crippen LogP contribution < -0.4 is 21.5 Å². The van der Waals surface area contributed by atoms with Gasteiger partial charge in [0.05, 0.1) is 6.21 Å². The molecular formula is C15H15BrN2O2. The molecule has 4 nitrogen and oxygen atoms in total. The number of ketones is 1. The summed E-state index contributed by atoms with van der Waals surface area (Å²) >= 11 is 0. The van der Waals surface area contributed by atoms with Crippen LogP contribution in [-0.4, -0.2) is 17.2 Å². The van der Waals surface area contributed by atoms with E-state index in [4.69, 9.17) is 5.21 Å². The lowest BCUT2D eigenvalue weighted by molar-refractivity contribution is -0.683. The van der Waals surface area contributed by atoms with Gasteiger partial charge in [-0.25, -0.2) is 0 Å². The molecule has 1 heterocycles. The molecule has 0 atom stereocenters. The fourth-order valence-corrected chi connectivity index (χ4v) is 1.86. The first kappa shape index (κ1) is 16.0. The highest BCUT2D eigenvalue weighted by atomic mass is 79.9. The first-order valence-corrected chi connectivity index (χ1v) is 5.96. The molecule has 2 aromatic rings. The Morgan fingerprint density at radius 3 is 2.50 bits per heavy atom. The topological polar surface area (TPSA) is 53.5 Å². The Kier molecular flexibility index (Phi) is 6.06. The summed E-state index contributed by atoms with van der Waals surface area (Å²) in [6, 6.07) is 11.1. The minimum absolute atomic E-state index is 0. The van der Waals surface area contributed by atoms with Gasteiger partial charge in [-0.1, -0.05) is 29.4 Å². The van der Waals surface area contributed by atoms with Crippen molar-refractivity contribution in [3.63, 3.8) is 0 Å². The number of oxime groups is 1. The molecule has 5 heteroatoms. The molecule has 20 heavy (non-hydrogen) atoms. The normalized spacial score (nSPS) is 10.2. The standard InChI is InChI=1S/C15H14N2O2.BrH/c1-12-4-2-3-5-14(12)15(18)11-17-8-6-13(7-9-17)10-16-19;/h2-10H,11H2,1H3;1H. The Balaban J connectivity index is 0.00000200. The first-order valence-electron chi connectivity index (χ1n) is 5.96. The Labute approximate surface area is 128 Å². The maximum atomic E-state index is 12.2. The minimum Gasteiger partial charge on any atom is -1.00 e. The molecular weight excluding hydrogens is 320 g/mol. The highest BCUT2D eigenvalue weighted by Gasteiger charge is 2.13. The molecule has 0 aliphatic rings. The van der Waals surface area contributed by atoms with Crippen LogP contribution in [0, 0.1) is 6.92 Å². The zero-order valence-electron chi connectivity index (χ0n) is 11.0. The summed E-state index contributed by atoms with van der Waals surface area (Å²) in [6.07, 6.45) is 4.91. The van der Waals surface area contributed by atoms with Crippen molar-refractivity contribution in [1.29, 1.82) is 0 Å². The van der Waals surface area contributed by atoms with Gasteiger partial charge < -0.3 is 22.2 Å². The number of halogens is 1. The van der Waals surface area contributed by atoms with Crippen molar-refractivity contribution in [1.82, 2.24) is 0 Å². The average Bonchev–Trinajstić information content (AvgIpc) is 2.42. The molecule has 0 fully saturated rings. The Morgan fingerprint density at radius 1 is 1.25 bits per heavy atom. The lowest BCUT2D eigenvalue weighted by atomic mass is 10.1. The molecule has 0 amide bonds. The van der Waals surface area contributed by atoms with Crippen molar-refractivity contribution in [3.8, 4) is 0 Å². The second-order valence-corrected chi connectivity index (χ2v) is 4.29. The van der Waals surface area contributed by atoms with Gasteiger partial charge in [-0.15, -0.1) is 0 Å². The summed E-state index contributed by atoms with van der Waals surface area (Å²) in [6.45, 7) is 2.22. The van der Waals surface area contributed by atoms with Crippen molar-refractivity contribution in [2.45, 2.75) is 13.5 Å². The van der Waals surface area contributed by atoms with E-state index in [1.165, 1.54) is 6.21 Å². The van der Waals surface area contributed by atoms with Crippen LogP contribution in [0.1, 0.15) is 21.5 Å². The summed E-state index contributed by atoms with van der Waals surface area (Å²) in [4.78, 5) is 12.2. The molecule has 0 bridgehead atoms. The molecule has 0 aliphatic heterocycles. The molecule has 1 aromatic heterocycles. The highest BCUT2D eigenvalue weighted by Crippen LogP contribution is 2.07. The van der Waals surface area contributed by atoms with Crippen LogP contribution in [0.3, 0.4) is 0 Å². The number of benzene rings is 1. The van der Waals surface area contributed by atoms with E-state index in [2.05, 4.69) is 5.16 Å². The molecule has 1 aromatic carbocycles. The number of hydrogen-bond acceptors (Lipinski definition) is 3. The number of Topliss-reactive ketones (excluding diaryl/α,β-unsaturated/α-hetero) is 1. The molecule has 104 valence electrons. The van der Waals surface area contributed by atoms with E-state index in [9.17, 15) is 4.79 Å². The monoisotopic (exact) mass is 334 g/mol. The van der Waals surface area contributed by atoms with E-state index in [-0.39, 0.29) is 22.8 Å². The minimum atomic E-state index is 0. The largest absolute Gasteiger partial charge is 1.00 e. The summed E-state index contributed by atoms with van der Waals surface area (Å²) in [5.41, 5.74) is 2.51. The summed E-state index contributed by atoms with van der Waals surface area (Å²) in [5.74, 6) is 0.0756. The number of aryl methyl sites for hydroxylation is 1. The van der Waals surface area contributed by atoms with E-state index >= 15 is 0 Å². The summed E-state index contributed by atoms with van der Waals surface area (Å²) in [7, 11) is 0. The average molecular weight is 335 g/mol. The van der Waals surface area contributed by atoms with Gasteiger partial charge in [-0.3, -0.25) is 4.79 Å². The maximum absolute atomic E-state index is 12.2. The highest BCUT2D eigenvalue weighted by molar-refractivity contribution is 5.96. The third-order valence-electron chi connectivity index (χ3n) is 2.90. The number of pyridine rings is 1. The molecule has 0 aliphatic carbocycles. The smallest absolute Gasteiger partial charge is 0.227 e. The summed E-state index contributed by atoms with van der Waals surface area (Å²) in [5, 5.41) is 11.4. The van der Waals surface area contributed by atoms with Crippen molar-refractivity contribution >= 4 is 12.0 Å². The second-order valence-electron chi connectivity index (χ2n) is 4.29. The maximum Gasteiger partial charge on any atom is 0.227 e. The van der Waals surface area contributed by atoms with Gasteiger partial charge in [0, 0.05) is 23.3 Å². The molecule has 0 saturated carbocycles. The Hall–Kier alpha value is -2.01. The molecule has 1 N–H and O–H groups in total. The SMILES string of the molecule is Cc1ccccc1C(=O)C[n+]1ccc(C=NO)cc1.[Br-]. The predicted molar refractivity (Wildman–Crippen MR) is 71.5 cm³/mol. The Morgan fingerprint density at radius 2 is 1.90 bits per heavy atom.